The quantitative estimate of drug-likeness (QED) is 0.495. The van der Waals surface area contributed by atoms with E-state index in [1.54, 1.807) is 30.3 Å². The van der Waals surface area contributed by atoms with Crippen LogP contribution in [0.15, 0.2) is 72.1 Å². The summed E-state index contributed by atoms with van der Waals surface area (Å²) in [5, 5.41) is 8.65. The van der Waals surface area contributed by atoms with Crippen LogP contribution in [0.1, 0.15) is 19.3 Å². The van der Waals surface area contributed by atoms with Crippen LogP contribution in [-0.4, -0.2) is 11.8 Å². The van der Waals surface area contributed by atoms with Gasteiger partial charge in [0.1, 0.15) is 0 Å². The summed E-state index contributed by atoms with van der Waals surface area (Å²) in [5.74, 6) is -0.319. The smallest absolute Gasteiger partial charge is 0.265 e. The molecular formula is C20H14N2O2S2. The van der Waals surface area contributed by atoms with Crippen molar-refractivity contribution in [1.29, 1.82) is 0 Å². The number of amides is 2. The van der Waals surface area contributed by atoms with Crippen LogP contribution in [-0.2, 0) is 0 Å². The third-order valence-corrected chi connectivity index (χ3v) is 5.76. The number of fused-ring (bicyclic) bond motifs is 1. The van der Waals surface area contributed by atoms with Crippen LogP contribution < -0.4 is 10.6 Å². The van der Waals surface area contributed by atoms with E-state index in [9.17, 15) is 9.59 Å². The van der Waals surface area contributed by atoms with Gasteiger partial charge in [-0.1, -0.05) is 30.3 Å². The molecule has 4 aromatic rings. The molecule has 0 radical (unpaired) electrons. The summed E-state index contributed by atoms with van der Waals surface area (Å²) in [7, 11) is 0. The van der Waals surface area contributed by atoms with Crippen molar-refractivity contribution in [2.75, 3.05) is 10.6 Å². The average Bonchev–Trinajstić information content (AvgIpc) is 3.31. The van der Waals surface area contributed by atoms with Gasteiger partial charge in [-0.05, 0) is 47.2 Å². The number of carbonyl (C=O) groups excluding carboxylic acids is 2. The van der Waals surface area contributed by atoms with Gasteiger partial charge in [0.25, 0.3) is 11.8 Å². The first-order valence-corrected chi connectivity index (χ1v) is 9.63. The zero-order valence-corrected chi connectivity index (χ0v) is 15.2. The minimum absolute atomic E-state index is 0.159. The minimum Gasteiger partial charge on any atom is -0.321 e. The Hall–Kier alpha value is -2.96. The normalized spacial score (nSPS) is 10.6. The molecule has 6 heteroatoms. The zero-order chi connectivity index (χ0) is 17.9. The second-order valence-electron chi connectivity index (χ2n) is 5.61. The van der Waals surface area contributed by atoms with Crippen LogP contribution in [0.25, 0.3) is 10.1 Å². The Morgan fingerprint density at radius 2 is 1.46 bits per heavy atom. The lowest BCUT2D eigenvalue weighted by molar-refractivity contribution is 0.102. The number of thiophene rings is 2. The van der Waals surface area contributed by atoms with Crippen LogP contribution in [0.2, 0.25) is 0 Å². The number of hydrogen-bond acceptors (Lipinski definition) is 4. The molecule has 2 aromatic carbocycles. The van der Waals surface area contributed by atoms with Gasteiger partial charge in [0.05, 0.1) is 9.75 Å². The largest absolute Gasteiger partial charge is 0.321 e. The lowest BCUT2D eigenvalue weighted by atomic mass is 10.2. The van der Waals surface area contributed by atoms with E-state index in [-0.39, 0.29) is 11.8 Å². The van der Waals surface area contributed by atoms with Crippen molar-refractivity contribution in [3.05, 3.63) is 81.9 Å². The molecule has 0 saturated heterocycles. The number of carbonyl (C=O) groups is 2. The van der Waals surface area contributed by atoms with E-state index in [0.717, 1.165) is 10.1 Å². The summed E-state index contributed by atoms with van der Waals surface area (Å²) >= 11 is 2.84. The van der Waals surface area contributed by atoms with Crippen molar-refractivity contribution in [2.24, 2.45) is 0 Å². The molecule has 2 aromatic heterocycles. The SMILES string of the molecule is O=C(Nc1cccc(NC(=O)c2cc3ccccc3s2)c1)c1cccs1. The standard InChI is InChI=1S/C20H14N2O2S2/c23-19(17-9-4-10-25-17)21-14-6-3-7-15(12-14)22-20(24)18-11-13-5-1-2-8-16(13)26-18/h1-12H,(H,21,23)(H,22,24). The molecule has 0 aliphatic carbocycles. The molecule has 26 heavy (non-hydrogen) atoms. The van der Waals surface area contributed by atoms with E-state index in [4.69, 9.17) is 0 Å². The molecular weight excluding hydrogens is 364 g/mol. The predicted octanol–water partition coefficient (Wildman–Crippen LogP) is 5.47. The first-order valence-electron chi connectivity index (χ1n) is 7.94. The van der Waals surface area contributed by atoms with Crippen molar-refractivity contribution in [1.82, 2.24) is 0 Å². The molecule has 2 heterocycles. The lowest BCUT2D eigenvalue weighted by Crippen LogP contribution is -2.12. The number of anilines is 2. The van der Waals surface area contributed by atoms with Gasteiger partial charge in [0.15, 0.2) is 0 Å². The fourth-order valence-electron chi connectivity index (χ4n) is 2.56. The molecule has 4 nitrogen and oxygen atoms in total. The highest BCUT2D eigenvalue weighted by Gasteiger charge is 2.11. The van der Waals surface area contributed by atoms with E-state index in [2.05, 4.69) is 10.6 Å². The second-order valence-corrected chi connectivity index (χ2v) is 7.65. The third kappa shape index (κ3) is 3.51. The van der Waals surface area contributed by atoms with Gasteiger partial charge in [0, 0.05) is 16.1 Å². The van der Waals surface area contributed by atoms with Gasteiger partial charge in [-0.25, -0.2) is 0 Å². The number of hydrogen-bond donors (Lipinski definition) is 2. The molecule has 0 saturated carbocycles. The Labute approximate surface area is 158 Å². The topological polar surface area (TPSA) is 58.2 Å². The third-order valence-electron chi connectivity index (χ3n) is 3.77. The Morgan fingerprint density at radius 3 is 2.15 bits per heavy atom. The average molecular weight is 378 g/mol. The molecule has 0 spiro atoms. The van der Waals surface area contributed by atoms with Gasteiger partial charge in [-0.15, -0.1) is 22.7 Å². The lowest BCUT2D eigenvalue weighted by Gasteiger charge is -2.07. The van der Waals surface area contributed by atoms with Crippen molar-refractivity contribution < 1.29 is 9.59 Å². The van der Waals surface area contributed by atoms with Crippen molar-refractivity contribution in [3.63, 3.8) is 0 Å². The highest BCUT2D eigenvalue weighted by Crippen LogP contribution is 2.26. The van der Waals surface area contributed by atoms with Crippen molar-refractivity contribution in [3.8, 4) is 0 Å². The highest BCUT2D eigenvalue weighted by molar-refractivity contribution is 7.20. The molecule has 0 atom stereocenters. The maximum atomic E-state index is 12.5. The van der Waals surface area contributed by atoms with Crippen LogP contribution in [0.3, 0.4) is 0 Å². The van der Waals surface area contributed by atoms with E-state index in [1.165, 1.54) is 22.7 Å². The van der Waals surface area contributed by atoms with Gasteiger partial charge in [0.2, 0.25) is 0 Å². The molecule has 0 aliphatic heterocycles. The molecule has 4 rings (SSSR count). The van der Waals surface area contributed by atoms with Crippen LogP contribution >= 0.6 is 22.7 Å². The predicted molar refractivity (Wildman–Crippen MR) is 108 cm³/mol. The summed E-state index contributed by atoms with van der Waals surface area (Å²) in [4.78, 5) is 26.0. The highest BCUT2D eigenvalue weighted by atomic mass is 32.1. The van der Waals surface area contributed by atoms with Crippen LogP contribution in [0.5, 0.6) is 0 Å². The zero-order valence-electron chi connectivity index (χ0n) is 13.6. The Balaban J connectivity index is 1.49. The Kier molecular flexibility index (Phi) is 4.51. The number of benzene rings is 2. The fourth-order valence-corrected chi connectivity index (χ4v) is 4.14. The van der Waals surface area contributed by atoms with E-state index >= 15 is 0 Å². The first-order chi connectivity index (χ1) is 12.7. The fraction of sp³-hybridized carbons (Fsp3) is 0. The second kappa shape index (κ2) is 7.11. The van der Waals surface area contributed by atoms with Gasteiger partial charge in [-0.3, -0.25) is 9.59 Å². The maximum Gasteiger partial charge on any atom is 0.265 e. The van der Waals surface area contributed by atoms with E-state index < -0.39 is 0 Å². The number of rotatable bonds is 4. The van der Waals surface area contributed by atoms with Crippen molar-refractivity contribution in [2.45, 2.75) is 0 Å². The molecule has 0 bridgehead atoms. The maximum absolute atomic E-state index is 12.5. The summed E-state index contributed by atoms with van der Waals surface area (Å²) in [5.41, 5.74) is 1.27. The summed E-state index contributed by atoms with van der Waals surface area (Å²) < 4.78 is 1.08. The summed E-state index contributed by atoms with van der Waals surface area (Å²) in [6.45, 7) is 0. The van der Waals surface area contributed by atoms with Gasteiger partial charge >= 0.3 is 0 Å². The first kappa shape index (κ1) is 16.5. The van der Waals surface area contributed by atoms with Crippen LogP contribution in [0, 0.1) is 0 Å². The molecule has 0 aliphatic rings. The Morgan fingerprint density at radius 1 is 0.731 bits per heavy atom. The van der Waals surface area contributed by atoms with E-state index in [1.807, 2.05) is 41.8 Å². The van der Waals surface area contributed by atoms with E-state index in [0.29, 0.717) is 21.1 Å². The summed E-state index contributed by atoms with van der Waals surface area (Å²) in [6, 6.07) is 20.5. The molecule has 0 unspecified atom stereocenters. The Bertz CT molecular complexity index is 1050. The summed E-state index contributed by atoms with van der Waals surface area (Å²) in [6.07, 6.45) is 0. The minimum atomic E-state index is -0.159. The monoisotopic (exact) mass is 378 g/mol. The van der Waals surface area contributed by atoms with Crippen LogP contribution in [0.4, 0.5) is 11.4 Å². The van der Waals surface area contributed by atoms with Crippen molar-refractivity contribution >= 4 is 55.9 Å². The van der Waals surface area contributed by atoms with Gasteiger partial charge in [-0.2, -0.15) is 0 Å². The molecule has 2 N–H and O–H groups in total. The number of nitrogens with one attached hydrogen (secondary N) is 2. The molecule has 2 amide bonds. The van der Waals surface area contributed by atoms with Gasteiger partial charge < -0.3 is 10.6 Å². The molecule has 128 valence electrons. The molecule has 0 fully saturated rings.